The van der Waals surface area contributed by atoms with Gasteiger partial charge in [0.05, 0.1) is 10.6 Å². The summed E-state index contributed by atoms with van der Waals surface area (Å²) in [5, 5.41) is 0. The molecule has 3 rings (SSSR count). The van der Waals surface area contributed by atoms with Crippen LogP contribution in [0.25, 0.3) is 5.57 Å². The van der Waals surface area contributed by atoms with Crippen molar-refractivity contribution in [3.05, 3.63) is 115 Å². The number of aryl methyl sites for hydroxylation is 1. The second-order valence-corrected chi connectivity index (χ2v) is 8.72. The maximum atomic E-state index is 13.3. The topological polar surface area (TPSA) is 37.4 Å². The van der Waals surface area contributed by atoms with Gasteiger partial charge in [-0.3, -0.25) is 4.31 Å². The molecule has 4 heteroatoms. The summed E-state index contributed by atoms with van der Waals surface area (Å²) in [5.41, 5.74) is 4.53. The first-order valence-corrected chi connectivity index (χ1v) is 10.9. The molecule has 0 aliphatic heterocycles. The van der Waals surface area contributed by atoms with Gasteiger partial charge in [0.1, 0.15) is 0 Å². The molecule has 0 N–H and O–H groups in total. The molecule has 0 aromatic heterocycles. The van der Waals surface area contributed by atoms with Crippen molar-refractivity contribution in [1.29, 1.82) is 0 Å². The second kappa shape index (κ2) is 8.93. The Hall–Kier alpha value is -3.11. The lowest BCUT2D eigenvalue weighted by Crippen LogP contribution is -2.31. The number of hydrogen-bond acceptors (Lipinski definition) is 2. The van der Waals surface area contributed by atoms with E-state index in [9.17, 15) is 8.42 Å². The molecule has 0 amide bonds. The van der Waals surface area contributed by atoms with Crippen LogP contribution >= 0.6 is 0 Å². The highest BCUT2D eigenvalue weighted by molar-refractivity contribution is 7.92. The molecule has 0 spiro atoms. The van der Waals surface area contributed by atoms with Crippen molar-refractivity contribution >= 4 is 21.3 Å². The minimum Gasteiger partial charge on any atom is -0.266 e. The van der Waals surface area contributed by atoms with Crippen LogP contribution in [-0.2, 0) is 10.0 Å². The molecular weight excluding hydrogens is 378 g/mol. The smallest absolute Gasteiger partial charge is 0.264 e. The molecule has 0 fully saturated rings. The summed E-state index contributed by atoms with van der Waals surface area (Å²) >= 11 is 0. The Labute approximate surface area is 173 Å². The van der Waals surface area contributed by atoms with E-state index < -0.39 is 10.0 Å². The predicted molar refractivity (Wildman–Crippen MR) is 122 cm³/mol. The standard InChI is InChI=1S/C25H25NO2S/c1-4-5-19-26(29(27,28)25-17-11-20(2)12-18-25)24-15-13-23(14-16-24)21(3)22-9-7-6-8-10-22/h4,6-18H,1,3,5,19H2,2H3. The lowest BCUT2D eigenvalue weighted by molar-refractivity contribution is 0.591. The molecule has 0 aliphatic carbocycles. The van der Waals surface area contributed by atoms with Crippen LogP contribution in [0.15, 0.2) is 103 Å². The van der Waals surface area contributed by atoms with Crippen molar-refractivity contribution in [2.75, 3.05) is 10.8 Å². The summed E-state index contributed by atoms with van der Waals surface area (Å²) in [5.74, 6) is 0. The first-order chi connectivity index (χ1) is 13.9. The quantitative estimate of drug-likeness (QED) is 0.444. The van der Waals surface area contributed by atoms with E-state index >= 15 is 0 Å². The normalized spacial score (nSPS) is 11.1. The number of nitrogens with zero attached hydrogens (tertiary/aromatic N) is 1. The SMILES string of the molecule is C=CCCN(c1ccc(C(=C)c2ccccc2)cc1)S(=O)(=O)c1ccc(C)cc1. The lowest BCUT2D eigenvalue weighted by Gasteiger charge is -2.24. The molecule has 0 unspecified atom stereocenters. The predicted octanol–water partition coefficient (Wildman–Crippen LogP) is 5.83. The number of hydrogen-bond donors (Lipinski definition) is 0. The fourth-order valence-corrected chi connectivity index (χ4v) is 4.55. The van der Waals surface area contributed by atoms with Crippen LogP contribution in [-0.4, -0.2) is 15.0 Å². The van der Waals surface area contributed by atoms with Gasteiger partial charge in [-0.1, -0.05) is 72.8 Å². The average Bonchev–Trinajstić information content (AvgIpc) is 2.75. The molecule has 0 atom stereocenters. The fourth-order valence-electron chi connectivity index (χ4n) is 3.07. The van der Waals surface area contributed by atoms with Gasteiger partial charge in [0, 0.05) is 6.54 Å². The van der Waals surface area contributed by atoms with Crippen molar-refractivity contribution in [2.24, 2.45) is 0 Å². The molecule has 0 saturated carbocycles. The number of sulfonamides is 1. The average molecular weight is 404 g/mol. The third-order valence-corrected chi connectivity index (χ3v) is 6.61. The maximum absolute atomic E-state index is 13.3. The van der Waals surface area contributed by atoms with Gasteiger partial charge in [0.25, 0.3) is 10.0 Å². The van der Waals surface area contributed by atoms with Gasteiger partial charge in [-0.25, -0.2) is 8.42 Å². The molecular formula is C25H25NO2S. The van der Waals surface area contributed by atoms with Crippen molar-refractivity contribution < 1.29 is 8.42 Å². The second-order valence-electron chi connectivity index (χ2n) is 6.86. The maximum Gasteiger partial charge on any atom is 0.264 e. The van der Waals surface area contributed by atoms with Crippen molar-refractivity contribution in [1.82, 2.24) is 0 Å². The van der Waals surface area contributed by atoms with E-state index in [1.807, 2.05) is 73.7 Å². The highest BCUT2D eigenvalue weighted by atomic mass is 32.2. The molecule has 0 aliphatic rings. The first-order valence-electron chi connectivity index (χ1n) is 9.48. The van der Waals surface area contributed by atoms with E-state index in [-0.39, 0.29) is 4.90 Å². The lowest BCUT2D eigenvalue weighted by atomic mass is 9.99. The zero-order valence-electron chi connectivity index (χ0n) is 16.6. The summed E-state index contributed by atoms with van der Waals surface area (Å²) in [4.78, 5) is 0.282. The van der Waals surface area contributed by atoms with Crippen LogP contribution in [0.2, 0.25) is 0 Å². The Kier molecular flexibility index (Phi) is 6.35. The van der Waals surface area contributed by atoms with Crippen LogP contribution in [0.3, 0.4) is 0 Å². The Bertz CT molecular complexity index is 1080. The fraction of sp³-hybridized carbons (Fsp3) is 0.120. The Morgan fingerprint density at radius 2 is 1.48 bits per heavy atom. The van der Waals surface area contributed by atoms with Crippen molar-refractivity contribution in [2.45, 2.75) is 18.2 Å². The Morgan fingerprint density at radius 3 is 2.07 bits per heavy atom. The Balaban J connectivity index is 1.94. The van der Waals surface area contributed by atoms with Gasteiger partial charge in [0.15, 0.2) is 0 Å². The highest BCUT2D eigenvalue weighted by Crippen LogP contribution is 2.28. The van der Waals surface area contributed by atoms with Gasteiger partial charge < -0.3 is 0 Å². The third kappa shape index (κ3) is 4.66. The highest BCUT2D eigenvalue weighted by Gasteiger charge is 2.24. The van der Waals surface area contributed by atoms with Gasteiger partial charge in [-0.05, 0) is 54.3 Å². The minimum atomic E-state index is -3.67. The molecule has 3 aromatic carbocycles. The molecule has 3 aromatic rings. The van der Waals surface area contributed by atoms with E-state index in [1.165, 1.54) is 4.31 Å². The first kappa shape index (κ1) is 20.6. The molecule has 0 radical (unpaired) electrons. The van der Waals surface area contributed by atoms with Crippen LogP contribution in [0, 0.1) is 6.92 Å². The van der Waals surface area contributed by atoms with Crippen molar-refractivity contribution in [3.8, 4) is 0 Å². The summed E-state index contributed by atoms with van der Waals surface area (Å²) in [6.45, 7) is 10.2. The zero-order chi connectivity index (χ0) is 20.9. The largest absolute Gasteiger partial charge is 0.266 e. The van der Waals surface area contributed by atoms with Gasteiger partial charge >= 0.3 is 0 Å². The van der Waals surface area contributed by atoms with Crippen LogP contribution < -0.4 is 4.31 Å². The number of benzene rings is 3. The van der Waals surface area contributed by atoms with Crippen LogP contribution in [0.5, 0.6) is 0 Å². The van der Waals surface area contributed by atoms with Crippen LogP contribution in [0.1, 0.15) is 23.1 Å². The van der Waals surface area contributed by atoms with E-state index in [0.29, 0.717) is 18.7 Å². The van der Waals surface area contributed by atoms with E-state index in [1.54, 1.807) is 18.2 Å². The molecule has 0 bridgehead atoms. The van der Waals surface area contributed by atoms with E-state index in [0.717, 1.165) is 22.3 Å². The molecule has 0 saturated heterocycles. The monoisotopic (exact) mass is 403 g/mol. The summed E-state index contributed by atoms with van der Waals surface area (Å²) in [6, 6.07) is 24.3. The van der Waals surface area contributed by atoms with E-state index in [2.05, 4.69) is 13.2 Å². The Morgan fingerprint density at radius 1 is 0.897 bits per heavy atom. The minimum absolute atomic E-state index is 0.282. The molecule has 0 heterocycles. The molecule has 3 nitrogen and oxygen atoms in total. The van der Waals surface area contributed by atoms with Gasteiger partial charge in [-0.2, -0.15) is 0 Å². The zero-order valence-corrected chi connectivity index (χ0v) is 17.4. The summed E-state index contributed by atoms with van der Waals surface area (Å²) in [6.07, 6.45) is 2.28. The van der Waals surface area contributed by atoms with Crippen molar-refractivity contribution in [3.63, 3.8) is 0 Å². The molecule has 29 heavy (non-hydrogen) atoms. The number of anilines is 1. The summed E-state index contributed by atoms with van der Waals surface area (Å²) < 4.78 is 28.0. The molecule has 148 valence electrons. The summed E-state index contributed by atoms with van der Waals surface area (Å²) in [7, 11) is -3.67. The van der Waals surface area contributed by atoms with Gasteiger partial charge in [0.2, 0.25) is 0 Å². The van der Waals surface area contributed by atoms with E-state index in [4.69, 9.17) is 0 Å². The third-order valence-electron chi connectivity index (χ3n) is 4.77. The van der Waals surface area contributed by atoms with Gasteiger partial charge in [-0.15, -0.1) is 6.58 Å². The van der Waals surface area contributed by atoms with Crippen LogP contribution in [0.4, 0.5) is 5.69 Å². The number of rotatable bonds is 8.